The molecule has 0 saturated carbocycles. The summed E-state index contributed by atoms with van der Waals surface area (Å²) in [6, 6.07) is 6.55. The molecular weight excluding hydrogens is 325 g/mol. The molecule has 2 rings (SSSR count). The second kappa shape index (κ2) is 7.85. The fraction of sp³-hybridized carbons (Fsp3) is 0.267. The van der Waals surface area contributed by atoms with Gasteiger partial charge in [-0.15, -0.1) is 0 Å². The SMILES string of the molecule is COCCN(Cc1ccc(F)cc1Cl)C(=O)c1ccc(=O)[nH]n1. The molecule has 0 saturated heterocycles. The minimum absolute atomic E-state index is 0.0962. The molecule has 0 radical (unpaired) electrons. The molecule has 0 fully saturated rings. The van der Waals surface area contributed by atoms with Crippen LogP contribution >= 0.6 is 11.6 Å². The van der Waals surface area contributed by atoms with Gasteiger partial charge in [0, 0.05) is 31.3 Å². The highest BCUT2D eigenvalue weighted by Gasteiger charge is 2.18. The van der Waals surface area contributed by atoms with Crippen LogP contribution in [0.5, 0.6) is 0 Å². The number of nitrogens with one attached hydrogen (secondary N) is 1. The number of halogens is 2. The number of carbonyl (C=O) groups excluding carboxylic acids is 1. The maximum Gasteiger partial charge on any atom is 0.274 e. The number of amides is 1. The van der Waals surface area contributed by atoms with E-state index >= 15 is 0 Å². The van der Waals surface area contributed by atoms with Crippen LogP contribution in [-0.2, 0) is 11.3 Å². The Morgan fingerprint density at radius 1 is 1.39 bits per heavy atom. The maximum atomic E-state index is 13.1. The largest absolute Gasteiger partial charge is 0.383 e. The Bertz CT molecular complexity index is 730. The molecule has 0 aliphatic rings. The van der Waals surface area contributed by atoms with E-state index in [0.29, 0.717) is 18.7 Å². The number of benzene rings is 1. The van der Waals surface area contributed by atoms with E-state index < -0.39 is 17.3 Å². The quantitative estimate of drug-likeness (QED) is 0.871. The molecule has 8 heteroatoms. The average Bonchev–Trinajstić information content (AvgIpc) is 2.53. The predicted octanol–water partition coefficient (Wildman–Crippen LogP) is 1.85. The molecule has 0 aliphatic carbocycles. The number of ether oxygens (including phenoxy) is 1. The maximum absolute atomic E-state index is 13.1. The number of hydrogen-bond acceptors (Lipinski definition) is 4. The summed E-state index contributed by atoms with van der Waals surface area (Å²) in [6.45, 7) is 0.778. The van der Waals surface area contributed by atoms with Crippen LogP contribution in [0.3, 0.4) is 0 Å². The van der Waals surface area contributed by atoms with Gasteiger partial charge in [-0.25, -0.2) is 9.49 Å². The highest BCUT2D eigenvalue weighted by Crippen LogP contribution is 2.19. The first kappa shape index (κ1) is 17.1. The first-order valence-electron chi connectivity index (χ1n) is 6.79. The molecule has 0 unspecified atom stereocenters. The molecule has 23 heavy (non-hydrogen) atoms. The zero-order valence-corrected chi connectivity index (χ0v) is 13.1. The van der Waals surface area contributed by atoms with Crippen molar-refractivity contribution in [1.82, 2.24) is 15.1 Å². The molecule has 0 aliphatic heterocycles. The van der Waals surface area contributed by atoms with Crippen LogP contribution in [0.2, 0.25) is 5.02 Å². The van der Waals surface area contributed by atoms with Crippen LogP contribution < -0.4 is 5.56 Å². The zero-order valence-electron chi connectivity index (χ0n) is 12.4. The van der Waals surface area contributed by atoms with E-state index in [4.69, 9.17) is 16.3 Å². The van der Waals surface area contributed by atoms with Gasteiger partial charge >= 0.3 is 0 Å². The third-order valence-electron chi connectivity index (χ3n) is 3.13. The summed E-state index contributed by atoms with van der Waals surface area (Å²) < 4.78 is 18.1. The summed E-state index contributed by atoms with van der Waals surface area (Å²) in [6.07, 6.45) is 0. The van der Waals surface area contributed by atoms with Crippen LogP contribution in [0.25, 0.3) is 0 Å². The molecule has 0 spiro atoms. The van der Waals surface area contributed by atoms with Gasteiger partial charge in [-0.2, -0.15) is 5.10 Å². The Kier molecular flexibility index (Phi) is 5.84. The normalized spacial score (nSPS) is 10.6. The van der Waals surface area contributed by atoms with E-state index in [1.165, 1.54) is 42.3 Å². The van der Waals surface area contributed by atoms with E-state index in [2.05, 4.69) is 10.2 Å². The Hall–Kier alpha value is -2.25. The van der Waals surface area contributed by atoms with Crippen LogP contribution in [0, 0.1) is 5.82 Å². The van der Waals surface area contributed by atoms with Crippen LogP contribution in [0.4, 0.5) is 4.39 Å². The Morgan fingerprint density at radius 3 is 2.78 bits per heavy atom. The van der Waals surface area contributed by atoms with Gasteiger partial charge in [0.15, 0.2) is 0 Å². The minimum Gasteiger partial charge on any atom is -0.383 e. The van der Waals surface area contributed by atoms with Crippen molar-refractivity contribution in [3.8, 4) is 0 Å². The molecule has 6 nitrogen and oxygen atoms in total. The van der Waals surface area contributed by atoms with E-state index in [1.54, 1.807) is 0 Å². The number of aromatic amines is 1. The average molecular weight is 340 g/mol. The van der Waals surface area contributed by atoms with Gasteiger partial charge in [0.25, 0.3) is 11.5 Å². The topological polar surface area (TPSA) is 75.3 Å². The first-order chi connectivity index (χ1) is 11.0. The Balaban J connectivity index is 2.23. The number of H-pyrrole nitrogens is 1. The molecule has 1 N–H and O–H groups in total. The third kappa shape index (κ3) is 4.61. The van der Waals surface area contributed by atoms with Crippen LogP contribution in [0.1, 0.15) is 16.1 Å². The lowest BCUT2D eigenvalue weighted by Gasteiger charge is -2.22. The molecule has 122 valence electrons. The van der Waals surface area contributed by atoms with Crippen molar-refractivity contribution in [3.05, 3.63) is 62.8 Å². The zero-order chi connectivity index (χ0) is 16.8. The monoisotopic (exact) mass is 339 g/mol. The fourth-order valence-corrected chi connectivity index (χ4v) is 2.16. The van der Waals surface area contributed by atoms with Crippen LogP contribution in [-0.4, -0.2) is 41.3 Å². The van der Waals surface area contributed by atoms with Crippen molar-refractivity contribution in [2.75, 3.05) is 20.3 Å². The van der Waals surface area contributed by atoms with Gasteiger partial charge in [0.2, 0.25) is 0 Å². The van der Waals surface area contributed by atoms with E-state index in [0.717, 1.165) is 0 Å². The number of rotatable bonds is 6. The van der Waals surface area contributed by atoms with Crippen molar-refractivity contribution < 1.29 is 13.9 Å². The summed E-state index contributed by atoms with van der Waals surface area (Å²) in [5.74, 6) is -0.838. The molecule has 1 amide bonds. The molecule has 2 aromatic rings. The smallest absolute Gasteiger partial charge is 0.274 e. The van der Waals surface area contributed by atoms with Gasteiger partial charge in [0.05, 0.1) is 6.61 Å². The third-order valence-corrected chi connectivity index (χ3v) is 3.48. The van der Waals surface area contributed by atoms with Crippen molar-refractivity contribution in [2.24, 2.45) is 0 Å². The predicted molar refractivity (Wildman–Crippen MR) is 82.9 cm³/mol. The lowest BCUT2D eigenvalue weighted by Crippen LogP contribution is -2.34. The van der Waals surface area contributed by atoms with Gasteiger partial charge in [-0.05, 0) is 23.8 Å². The van der Waals surface area contributed by atoms with E-state index in [9.17, 15) is 14.0 Å². The minimum atomic E-state index is -0.448. The molecule has 1 aromatic heterocycles. The van der Waals surface area contributed by atoms with E-state index in [1.807, 2.05) is 0 Å². The Labute approximate surface area is 136 Å². The molecule has 0 bridgehead atoms. The number of nitrogens with zero attached hydrogens (tertiary/aromatic N) is 2. The first-order valence-corrected chi connectivity index (χ1v) is 7.17. The van der Waals surface area contributed by atoms with Crippen molar-refractivity contribution in [1.29, 1.82) is 0 Å². The number of carbonyl (C=O) groups is 1. The van der Waals surface area contributed by atoms with Gasteiger partial charge < -0.3 is 9.64 Å². The van der Waals surface area contributed by atoms with Gasteiger partial charge in [-0.1, -0.05) is 17.7 Å². The van der Waals surface area contributed by atoms with Gasteiger partial charge in [-0.3, -0.25) is 9.59 Å². The summed E-state index contributed by atoms with van der Waals surface area (Å²) >= 11 is 6.01. The summed E-state index contributed by atoms with van der Waals surface area (Å²) in [5, 5.41) is 6.17. The van der Waals surface area contributed by atoms with Crippen LogP contribution in [0.15, 0.2) is 35.1 Å². The molecule has 1 heterocycles. The Morgan fingerprint density at radius 2 is 2.17 bits per heavy atom. The number of aromatic nitrogens is 2. The summed E-state index contributed by atoms with van der Waals surface area (Å²) in [4.78, 5) is 25.0. The second-order valence-corrected chi connectivity index (χ2v) is 5.17. The molecule has 1 aromatic carbocycles. The lowest BCUT2D eigenvalue weighted by molar-refractivity contribution is 0.0673. The molecule has 0 atom stereocenters. The highest BCUT2D eigenvalue weighted by molar-refractivity contribution is 6.31. The second-order valence-electron chi connectivity index (χ2n) is 4.76. The molecular formula is C15H15ClFN3O3. The fourth-order valence-electron chi connectivity index (χ4n) is 1.94. The van der Waals surface area contributed by atoms with Crippen molar-refractivity contribution >= 4 is 17.5 Å². The standard InChI is InChI=1S/C15H15ClFN3O3/c1-23-7-6-20(9-10-2-3-11(17)8-12(10)16)15(22)13-4-5-14(21)19-18-13/h2-5,8H,6-7,9H2,1H3,(H,19,21). The summed E-state index contributed by atoms with van der Waals surface area (Å²) in [5.41, 5.74) is 0.299. The summed E-state index contributed by atoms with van der Waals surface area (Å²) in [7, 11) is 1.52. The highest BCUT2D eigenvalue weighted by atomic mass is 35.5. The number of hydrogen-bond donors (Lipinski definition) is 1. The van der Waals surface area contributed by atoms with Crippen molar-refractivity contribution in [2.45, 2.75) is 6.54 Å². The van der Waals surface area contributed by atoms with E-state index in [-0.39, 0.29) is 17.3 Å². The lowest BCUT2D eigenvalue weighted by atomic mass is 10.2. The van der Waals surface area contributed by atoms with Gasteiger partial charge in [0.1, 0.15) is 11.5 Å². The van der Waals surface area contributed by atoms with Crippen molar-refractivity contribution in [3.63, 3.8) is 0 Å². The number of methoxy groups -OCH3 is 1.